The Bertz CT molecular complexity index is 423. The van der Waals surface area contributed by atoms with Crippen LogP contribution in [-0.2, 0) is 0 Å². The van der Waals surface area contributed by atoms with Crippen LogP contribution < -0.4 is 10.6 Å². The smallest absolute Gasteiger partial charge is 0.196 e. The average molecular weight is 353 g/mol. The number of benzene rings is 1. The second kappa shape index (κ2) is 5.40. The van der Waals surface area contributed by atoms with Gasteiger partial charge in [0.25, 0.3) is 0 Å². The molecule has 0 saturated carbocycles. The summed E-state index contributed by atoms with van der Waals surface area (Å²) >= 11 is 3.11. The number of rotatable bonds is 1. The number of nitrogens with zero attached hydrogens (tertiary/aromatic N) is 1. The molecule has 0 saturated heterocycles. The lowest BCUT2D eigenvalue weighted by atomic mass is 10.3. The van der Waals surface area contributed by atoms with Crippen LogP contribution in [-0.4, -0.2) is 29.3 Å². The number of hydrogen-bond donors (Lipinski definition) is 4. The fourth-order valence-electron chi connectivity index (χ4n) is 1.26. The zero-order valence-corrected chi connectivity index (χ0v) is 11.5. The summed E-state index contributed by atoms with van der Waals surface area (Å²) < 4.78 is 0.451. The molecule has 5 nitrogen and oxygen atoms in total. The van der Waals surface area contributed by atoms with E-state index in [-0.39, 0.29) is 28.5 Å². The number of phenolic OH excluding ortho intramolecular Hbond substituents is 2. The molecule has 7 heteroatoms. The molecule has 1 heterocycles. The number of aliphatic imine (C=N–C) groups is 1. The van der Waals surface area contributed by atoms with Gasteiger partial charge in [-0.15, -0.1) is 17.0 Å². The lowest BCUT2D eigenvalue weighted by molar-refractivity contribution is 0.459. The van der Waals surface area contributed by atoms with E-state index in [0.717, 1.165) is 6.54 Å². The first-order valence-corrected chi connectivity index (χ1v) is 5.23. The minimum absolute atomic E-state index is 0. The molecule has 0 amide bonds. The average Bonchev–Trinajstić information content (AvgIpc) is 2.67. The monoisotopic (exact) mass is 351 g/mol. The van der Waals surface area contributed by atoms with Crippen molar-refractivity contribution in [3.8, 4) is 11.5 Å². The van der Waals surface area contributed by atoms with Crippen LogP contribution >= 0.6 is 32.9 Å². The van der Waals surface area contributed by atoms with E-state index in [4.69, 9.17) is 0 Å². The Morgan fingerprint density at radius 1 is 1.31 bits per heavy atom. The van der Waals surface area contributed by atoms with Crippen LogP contribution in [0.25, 0.3) is 0 Å². The molecule has 4 N–H and O–H groups in total. The summed E-state index contributed by atoms with van der Waals surface area (Å²) in [6, 6.07) is 2.86. The molecule has 0 spiro atoms. The van der Waals surface area contributed by atoms with Gasteiger partial charge in [-0.3, -0.25) is 4.99 Å². The molecule has 1 aromatic rings. The fraction of sp³-hybridized carbons (Fsp3) is 0.222. The molecule has 1 aliphatic rings. The Morgan fingerprint density at radius 3 is 2.69 bits per heavy atom. The molecule has 0 atom stereocenters. The van der Waals surface area contributed by atoms with Crippen LogP contribution in [0.4, 0.5) is 5.69 Å². The molecule has 2 rings (SSSR count). The first kappa shape index (κ1) is 13.1. The molecule has 0 aromatic heterocycles. The first-order valence-electron chi connectivity index (χ1n) is 4.43. The predicted octanol–water partition coefficient (Wildman–Crippen LogP) is 1.81. The number of hydrogen-bond acceptors (Lipinski definition) is 5. The van der Waals surface area contributed by atoms with Crippen molar-refractivity contribution < 1.29 is 10.2 Å². The molecular weight excluding hydrogens is 342 g/mol. The van der Waals surface area contributed by atoms with E-state index < -0.39 is 0 Å². The standard InChI is InChI=1S/C9H10BrN3O2.BrH/c10-5-3-8(15)6(4-7(5)14)13-9-11-1-2-12-9;/h3-4,14-15H,1-2H2,(H2,11,12,13);1H. The summed E-state index contributed by atoms with van der Waals surface area (Å²) in [7, 11) is 0. The molecule has 1 aliphatic heterocycles. The van der Waals surface area contributed by atoms with Crippen LogP contribution in [0.2, 0.25) is 0 Å². The van der Waals surface area contributed by atoms with E-state index in [1.165, 1.54) is 12.1 Å². The zero-order chi connectivity index (χ0) is 10.8. The Morgan fingerprint density at radius 2 is 2.06 bits per heavy atom. The van der Waals surface area contributed by atoms with Gasteiger partial charge in [0.1, 0.15) is 11.5 Å². The number of nitrogens with one attached hydrogen (secondary N) is 2. The van der Waals surface area contributed by atoms with Crippen LogP contribution in [0.5, 0.6) is 11.5 Å². The zero-order valence-electron chi connectivity index (χ0n) is 8.20. The van der Waals surface area contributed by atoms with Gasteiger partial charge < -0.3 is 20.8 Å². The van der Waals surface area contributed by atoms with E-state index in [1.54, 1.807) is 0 Å². The highest BCUT2D eigenvalue weighted by atomic mass is 79.9. The summed E-state index contributed by atoms with van der Waals surface area (Å²) in [5, 5.41) is 24.9. The van der Waals surface area contributed by atoms with Gasteiger partial charge in [0.15, 0.2) is 5.96 Å². The van der Waals surface area contributed by atoms with Crippen LogP contribution in [0.15, 0.2) is 21.6 Å². The van der Waals surface area contributed by atoms with E-state index >= 15 is 0 Å². The summed E-state index contributed by atoms with van der Waals surface area (Å²) in [6.45, 7) is 1.50. The maximum atomic E-state index is 9.59. The third kappa shape index (κ3) is 2.79. The number of anilines is 1. The summed E-state index contributed by atoms with van der Waals surface area (Å²) in [4.78, 5) is 4.11. The Hall–Kier alpha value is -0.950. The van der Waals surface area contributed by atoms with Crippen molar-refractivity contribution in [1.82, 2.24) is 5.32 Å². The molecule has 88 valence electrons. The lowest BCUT2D eigenvalue weighted by Gasteiger charge is -2.09. The fourth-order valence-corrected chi connectivity index (χ4v) is 1.59. The SMILES string of the molecule is Br.Oc1cc(NC2=NCCN2)c(O)cc1Br. The molecule has 1 aromatic carbocycles. The third-order valence-electron chi connectivity index (χ3n) is 1.99. The van der Waals surface area contributed by atoms with E-state index in [2.05, 4.69) is 31.6 Å². The molecule has 16 heavy (non-hydrogen) atoms. The molecule has 0 bridgehead atoms. The molecule has 0 radical (unpaired) electrons. The summed E-state index contributed by atoms with van der Waals surface area (Å²) in [5.41, 5.74) is 0.420. The van der Waals surface area contributed by atoms with Crippen LogP contribution in [0.1, 0.15) is 0 Å². The first-order chi connectivity index (χ1) is 7.16. The largest absolute Gasteiger partial charge is 0.507 e. The third-order valence-corrected chi connectivity index (χ3v) is 2.63. The van der Waals surface area contributed by atoms with Gasteiger partial charge in [-0.25, -0.2) is 0 Å². The van der Waals surface area contributed by atoms with Gasteiger partial charge >= 0.3 is 0 Å². The van der Waals surface area contributed by atoms with Crippen molar-refractivity contribution >= 4 is 44.6 Å². The van der Waals surface area contributed by atoms with E-state index in [0.29, 0.717) is 22.7 Å². The van der Waals surface area contributed by atoms with Gasteiger partial charge in [-0.1, -0.05) is 0 Å². The van der Waals surface area contributed by atoms with Crippen molar-refractivity contribution in [3.63, 3.8) is 0 Å². The van der Waals surface area contributed by atoms with Crippen molar-refractivity contribution in [2.45, 2.75) is 0 Å². The van der Waals surface area contributed by atoms with E-state index in [9.17, 15) is 10.2 Å². The Labute approximate surface area is 111 Å². The summed E-state index contributed by atoms with van der Waals surface area (Å²) in [6.07, 6.45) is 0. The lowest BCUT2D eigenvalue weighted by Crippen LogP contribution is -2.26. The maximum Gasteiger partial charge on any atom is 0.196 e. The predicted molar refractivity (Wildman–Crippen MR) is 71.7 cm³/mol. The van der Waals surface area contributed by atoms with Gasteiger partial charge in [0.2, 0.25) is 0 Å². The molecular formula is C9H11Br2N3O2. The molecule has 0 unspecified atom stereocenters. The van der Waals surface area contributed by atoms with Gasteiger partial charge in [-0.2, -0.15) is 0 Å². The second-order valence-corrected chi connectivity index (χ2v) is 3.96. The highest BCUT2D eigenvalue weighted by Gasteiger charge is 2.10. The quantitative estimate of drug-likeness (QED) is 0.459. The highest BCUT2D eigenvalue weighted by Crippen LogP contribution is 2.34. The maximum absolute atomic E-state index is 9.59. The molecule has 0 aliphatic carbocycles. The number of guanidine groups is 1. The van der Waals surface area contributed by atoms with Gasteiger partial charge in [0.05, 0.1) is 16.7 Å². The van der Waals surface area contributed by atoms with Crippen molar-refractivity contribution in [1.29, 1.82) is 0 Å². The van der Waals surface area contributed by atoms with Gasteiger partial charge in [-0.05, 0) is 22.0 Å². The number of aromatic hydroxyl groups is 2. The Kier molecular flexibility index (Phi) is 4.43. The number of halogens is 2. The molecule has 0 fully saturated rings. The van der Waals surface area contributed by atoms with Gasteiger partial charge in [0, 0.05) is 12.6 Å². The normalized spacial score (nSPS) is 13.7. The highest BCUT2D eigenvalue weighted by molar-refractivity contribution is 9.10. The summed E-state index contributed by atoms with van der Waals surface area (Å²) in [5.74, 6) is 0.719. The van der Waals surface area contributed by atoms with E-state index in [1.807, 2.05) is 0 Å². The van der Waals surface area contributed by atoms with Crippen LogP contribution in [0, 0.1) is 0 Å². The minimum Gasteiger partial charge on any atom is -0.507 e. The van der Waals surface area contributed by atoms with Crippen molar-refractivity contribution in [3.05, 3.63) is 16.6 Å². The van der Waals surface area contributed by atoms with Crippen LogP contribution in [0.3, 0.4) is 0 Å². The topological polar surface area (TPSA) is 76.9 Å². The minimum atomic E-state index is 0. The second-order valence-electron chi connectivity index (χ2n) is 3.10. The number of phenols is 2. The Balaban J connectivity index is 0.00000128. The van der Waals surface area contributed by atoms with Crippen molar-refractivity contribution in [2.75, 3.05) is 18.4 Å². The van der Waals surface area contributed by atoms with Crippen molar-refractivity contribution in [2.24, 2.45) is 4.99 Å².